The van der Waals surface area contributed by atoms with Gasteiger partial charge in [0.2, 0.25) is 0 Å². The van der Waals surface area contributed by atoms with Crippen molar-refractivity contribution >= 4 is 29.4 Å². The Labute approximate surface area is 141 Å². The fraction of sp³-hybridized carbons (Fsp3) is 0.0667. The van der Waals surface area contributed by atoms with Gasteiger partial charge in [0.15, 0.2) is 0 Å². The SMILES string of the molecule is COc1ccc(C(=O)N/N=C\c2ccc(Cl)c([N+](=O)[O-])c2)c(O)c1. The molecule has 0 aliphatic heterocycles. The Balaban J connectivity index is 2.10. The van der Waals surface area contributed by atoms with Gasteiger partial charge in [-0.2, -0.15) is 5.10 Å². The molecular formula is C15H12ClN3O5. The number of nitrogens with zero attached hydrogens (tertiary/aromatic N) is 2. The number of carbonyl (C=O) groups excluding carboxylic acids is 1. The second-order valence-electron chi connectivity index (χ2n) is 4.55. The fourth-order valence-corrected chi connectivity index (χ4v) is 1.99. The van der Waals surface area contributed by atoms with Gasteiger partial charge in [0, 0.05) is 17.7 Å². The molecule has 0 radical (unpaired) electrons. The van der Waals surface area contributed by atoms with Crippen LogP contribution in [0, 0.1) is 10.1 Å². The predicted molar refractivity (Wildman–Crippen MR) is 87.8 cm³/mol. The second-order valence-corrected chi connectivity index (χ2v) is 4.96. The highest BCUT2D eigenvalue weighted by molar-refractivity contribution is 6.32. The number of hydrogen-bond donors (Lipinski definition) is 2. The van der Waals surface area contributed by atoms with Crippen molar-refractivity contribution in [3.8, 4) is 11.5 Å². The highest BCUT2D eigenvalue weighted by Gasteiger charge is 2.13. The molecule has 2 N–H and O–H groups in total. The molecule has 0 heterocycles. The van der Waals surface area contributed by atoms with Crippen LogP contribution in [0.1, 0.15) is 15.9 Å². The number of aromatic hydroxyl groups is 1. The van der Waals surface area contributed by atoms with Crippen LogP contribution in [-0.2, 0) is 0 Å². The van der Waals surface area contributed by atoms with Crippen LogP contribution in [0.4, 0.5) is 5.69 Å². The van der Waals surface area contributed by atoms with E-state index in [1.165, 1.54) is 49.7 Å². The number of rotatable bonds is 5. The Morgan fingerprint density at radius 2 is 2.12 bits per heavy atom. The molecule has 9 heteroatoms. The van der Waals surface area contributed by atoms with Gasteiger partial charge in [0.1, 0.15) is 16.5 Å². The monoisotopic (exact) mass is 349 g/mol. The third kappa shape index (κ3) is 3.99. The zero-order valence-electron chi connectivity index (χ0n) is 12.4. The molecule has 0 fully saturated rings. The normalized spacial score (nSPS) is 10.6. The summed E-state index contributed by atoms with van der Waals surface area (Å²) >= 11 is 5.70. The molecule has 24 heavy (non-hydrogen) atoms. The highest BCUT2D eigenvalue weighted by atomic mass is 35.5. The summed E-state index contributed by atoms with van der Waals surface area (Å²) in [6.07, 6.45) is 1.22. The lowest BCUT2D eigenvalue weighted by molar-refractivity contribution is -0.384. The standard InChI is InChI=1S/C15H12ClN3O5/c1-24-10-3-4-11(14(20)7-10)15(21)18-17-8-9-2-5-12(16)13(6-9)19(22)23/h2-8,20H,1H3,(H,18,21)/b17-8-. The Bertz CT molecular complexity index is 823. The van der Waals surface area contributed by atoms with E-state index in [0.29, 0.717) is 11.3 Å². The Kier molecular flexibility index (Phi) is 5.33. The van der Waals surface area contributed by atoms with E-state index in [1.807, 2.05) is 0 Å². The van der Waals surface area contributed by atoms with Crippen molar-refractivity contribution in [2.45, 2.75) is 0 Å². The number of carbonyl (C=O) groups is 1. The molecule has 0 aliphatic carbocycles. The van der Waals surface area contributed by atoms with E-state index in [-0.39, 0.29) is 22.0 Å². The van der Waals surface area contributed by atoms with Crippen molar-refractivity contribution in [1.82, 2.24) is 5.43 Å². The third-order valence-electron chi connectivity index (χ3n) is 3.00. The number of ether oxygens (including phenoxy) is 1. The van der Waals surface area contributed by atoms with Gasteiger partial charge in [-0.1, -0.05) is 17.7 Å². The molecule has 1 amide bonds. The van der Waals surface area contributed by atoms with Crippen LogP contribution in [-0.4, -0.2) is 29.3 Å². The quantitative estimate of drug-likeness (QED) is 0.489. The first-order chi connectivity index (χ1) is 11.4. The molecule has 2 rings (SSSR count). The van der Waals surface area contributed by atoms with E-state index >= 15 is 0 Å². The average molecular weight is 350 g/mol. The van der Waals surface area contributed by atoms with E-state index in [2.05, 4.69) is 10.5 Å². The number of phenolic OH excluding ortho intramolecular Hbond substituents is 1. The van der Waals surface area contributed by atoms with Gasteiger partial charge in [0.05, 0.1) is 23.8 Å². The first kappa shape index (κ1) is 17.2. The molecule has 0 saturated heterocycles. The lowest BCUT2D eigenvalue weighted by Gasteiger charge is -2.05. The maximum atomic E-state index is 11.9. The van der Waals surface area contributed by atoms with Crippen molar-refractivity contribution in [1.29, 1.82) is 0 Å². The number of hydrazone groups is 1. The largest absolute Gasteiger partial charge is 0.507 e. The van der Waals surface area contributed by atoms with Gasteiger partial charge < -0.3 is 9.84 Å². The van der Waals surface area contributed by atoms with Crippen molar-refractivity contribution < 1.29 is 19.6 Å². The first-order valence-corrected chi connectivity index (χ1v) is 6.94. The zero-order chi connectivity index (χ0) is 17.7. The average Bonchev–Trinajstić information content (AvgIpc) is 2.55. The van der Waals surface area contributed by atoms with Crippen LogP contribution in [0.15, 0.2) is 41.5 Å². The van der Waals surface area contributed by atoms with Crippen LogP contribution < -0.4 is 10.2 Å². The molecule has 0 bridgehead atoms. The fourth-order valence-electron chi connectivity index (χ4n) is 1.81. The summed E-state index contributed by atoms with van der Waals surface area (Å²) in [5, 5.41) is 24.3. The van der Waals surface area contributed by atoms with E-state index in [0.717, 1.165) is 0 Å². The molecule has 2 aromatic rings. The Morgan fingerprint density at radius 1 is 1.38 bits per heavy atom. The second kappa shape index (κ2) is 7.42. The smallest absolute Gasteiger partial charge is 0.288 e. The van der Waals surface area contributed by atoms with Gasteiger partial charge in [-0.05, 0) is 18.2 Å². The lowest BCUT2D eigenvalue weighted by atomic mass is 10.2. The molecule has 0 saturated carbocycles. The van der Waals surface area contributed by atoms with E-state index in [9.17, 15) is 20.0 Å². The number of nitrogens with one attached hydrogen (secondary N) is 1. The lowest BCUT2D eigenvalue weighted by Crippen LogP contribution is -2.17. The van der Waals surface area contributed by atoms with Gasteiger partial charge in [-0.25, -0.2) is 5.43 Å². The van der Waals surface area contributed by atoms with E-state index in [4.69, 9.17) is 16.3 Å². The minimum Gasteiger partial charge on any atom is -0.507 e. The van der Waals surface area contributed by atoms with Crippen LogP contribution in [0.5, 0.6) is 11.5 Å². The summed E-state index contributed by atoms with van der Waals surface area (Å²) in [6, 6.07) is 8.28. The van der Waals surface area contributed by atoms with Crippen molar-refractivity contribution in [3.05, 3.63) is 62.7 Å². The number of amides is 1. The molecule has 8 nitrogen and oxygen atoms in total. The molecule has 124 valence electrons. The van der Waals surface area contributed by atoms with E-state index < -0.39 is 10.8 Å². The molecule has 0 unspecified atom stereocenters. The van der Waals surface area contributed by atoms with Crippen LogP contribution in [0.25, 0.3) is 0 Å². The number of halogens is 1. The summed E-state index contributed by atoms with van der Waals surface area (Å²) < 4.78 is 4.92. The first-order valence-electron chi connectivity index (χ1n) is 6.56. The predicted octanol–water partition coefficient (Wildman–Crippen LogP) is 2.73. The summed E-state index contributed by atoms with van der Waals surface area (Å²) in [5.74, 6) is -0.500. The summed E-state index contributed by atoms with van der Waals surface area (Å²) in [4.78, 5) is 22.1. The van der Waals surface area contributed by atoms with Crippen molar-refractivity contribution in [2.24, 2.45) is 5.10 Å². The molecular weight excluding hydrogens is 338 g/mol. The topological polar surface area (TPSA) is 114 Å². The maximum Gasteiger partial charge on any atom is 0.288 e. The minimum absolute atomic E-state index is 0.00402. The molecule has 2 aromatic carbocycles. The van der Waals surface area contributed by atoms with Crippen LogP contribution >= 0.6 is 11.6 Å². The number of hydrogen-bond acceptors (Lipinski definition) is 6. The minimum atomic E-state index is -0.644. The zero-order valence-corrected chi connectivity index (χ0v) is 13.1. The number of methoxy groups -OCH3 is 1. The molecule has 0 atom stereocenters. The number of nitro groups is 1. The van der Waals surface area contributed by atoms with E-state index in [1.54, 1.807) is 0 Å². The maximum absolute atomic E-state index is 11.9. The third-order valence-corrected chi connectivity index (χ3v) is 3.32. The summed E-state index contributed by atoms with van der Waals surface area (Å²) in [7, 11) is 1.43. The van der Waals surface area contributed by atoms with Crippen molar-refractivity contribution in [3.63, 3.8) is 0 Å². The Morgan fingerprint density at radius 3 is 2.75 bits per heavy atom. The van der Waals surface area contributed by atoms with Gasteiger partial charge >= 0.3 is 0 Å². The van der Waals surface area contributed by atoms with Crippen LogP contribution in [0.2, 0.25) is 5.02 Å². The number of nitro benzene ring substituents is 1. The van der Waals surface area contributed by atoms with Crippen LogP contribution in [0.3, 0.4) is 0 Å². The van der Waals surface area contributed by atoms with Crippen molar-refractivity contribution in [2.75, 3.05) is 7.11 Å². The van der Waals surface area contributed by atoms with Gasteiger partial charge in [-0.3, -0.25) is 14.9 Å². The molecule has 0 aliphatic rings. The number of benzene rings is 2. The summed E-state index contributed by atoms with van der Waals surface area (Å²) in [5.41, 5.74) is 2.34. The van der Waals surface area contributed by atoms with Gasteiger partial charge in [-0.15, -0.1) is 0 Å². The van der Waals surface area contributed by atoms with Gasteiger partial charge in [0.25, 0.3) is 11.6 Å². The summed E-state index contributed by atoms with van der Waals surface area (Å²) in [6.45, 7) is 0. The Hall–Kier alpha value is -3.13. The molecule has 0 aromatic heterocycles. The highest BCUT2D eigenvalue weighted by Crippen LogP contribution is 2.25. The molecule has 0 spiro atoms. The number of phenols is 1.